The predicted molar refractivity (Wildman–Crippen MR) is 86.0 cm³/mol. The van der Waals surface area contributed by atoms with Gasteiger partial charge in [-0.2, -0.15) is 0 Å². The number of halogens is 2. The topological polar surface area (TPSA) is 83.5 Å². The Hall–Kier alpha value is -1.09. The third-order valence-electron chi connectivity index (χ3n) is 2.55. The van der Waals surface area contributed by atoms with Crippen LogP contribution in [-0.2, 0) is 10.0 Å². The van der Waals surface area contributed by atoms with Gasteiger partial charge in [0, 0.05) is 9.50 Å². The number of sulfonamides is 1. The minimum absolute atomic E-state index is 0.224. The molecule has 0 unspecified atom stereocenters. The lowest BCUT2D eigenvalue weighted by atomic mass is 10.3. The van der Waals surface area contributed by atoms with Gasteiger partial charge in [0.1, 0.15) is 9.77 Å². The van der Waals surface area contributed by atoms with E-state index in [0.717, 1.165) is 11.3 Å². The van der Waals surface area contributed by atoms with Crippen LogP contribution in [0.1, 0.15) is 15.2 Å². The summed E-state index contributed by atoms with van der Waals surface area (Å²) in [5.74, 6) is -1.28. The van der Waals surface area contributed by atoms with E-state index in [1.54, 1.807) is 19.1 Å². The molecule has 0 fully saturated rings. The van der Waals surface area contributed by atoms with Gasteiger partial charge in [-0.15, -0.1) is 11.3 Å². The van der Waals surface area contributed by atoms with E-state index in [9.17, 15) is 13.2 Å². The summed E-state index contributed by atoms with van der Waals surface area (Å²) in [6, 6.07) is 4.63. The maximum Gasteiger partial charge on any atom is 0.347 e. The van der Waals surface area contributed by atoms with Crippen molar-refractivity contribution in [2.24, 2.45) is 0 Å². The average molecular weight is 411 g/mol. The average Bonchev–Trinajstić information content (AvgIpc) is 2.76. The van der Waals surface area contributed by atoms with E-state index in [2.05, 4.69) is 20.7 Å². The van der Waals surface area contributed by atoms with Crippen molar-refractivity contribution >= 4 is 60.5 Å². The largest absolute Gasteiger partial charge is 0.477 e. The number of nitrogens with one attached hydrogen (secondary N) is 1. The summed E-state index contributed by atoms with van der Waals surface area (Å²) >= 11 is 9.92. The van der Waals surface area contributed by atoms with Crippen LogP contribution in [0.5, 0.6) is 0 Å². The quantitative estimate of drug-likeness (QED) is 0.799. The zero-order valence-corrected chi connectivity index (χ0v) is 14.5. The van der Waals surface area contributed by atoms with Crippen molar-refractivity contribution in [2.75, 3.05) is 4.72 Å². The molecule has 112 valence electrons. The van der Waals surface area contributed by atoms with Crippen LogP contribution in [0.4, 0.5) is 5.69 Å². The smallest absolute Gasteiger partial charge is 0.347 e. The number of hydrogen-bond acceptors (Lipinski definition) is 4. The summed E-state index contributed by atoms with van der Waals surface area (Å²) in [4.78, 5) is 10.7. The zero-order chi connectivity index (χ0) is 15.8. The van der Waals surface area contributed by atoms with Crippen LogP contribution in [0.25, 0.3) is 0 Å². The molecule has 0 radical (unpaired) electrons. The molecule has 2 aromatic rings. The standard InChI is InChI=1S/C12H9BrClNO4S2/c1-6-5-20-10(12(16)17)11(6)21(18,19)15-9-4-7(14)2-3-8(9)13/h2-5,15H,1H3,(H,16,17). The summed E-state index contributed by atoms with van der Waals surface area (Å²) in [5.41, 5.74) is 0.618. The maximum absolute atomic E-state index is 12.4. The summed E-state index contributed by atoms with van der Waals surface area (Å²) in [7, 11) is -4.02. The van der Waals surface area contributed by atoms with Crippen molar-refractivity contribution in [2.45, 2.75) is 11.8 Å². The number of carboxylic acid groups (broad SMARTS) is 1. The summed E-state index contributed by atoms with van der Waals surface area (Å²) in [6.45, 7) is 1.55. The van der Waals surface area contributed by atoms with E-state index in [4.69, 9.17) is 16.7 Å². The van der Waals surface area contributed by atoms with E-state index in [-0.39, 0.29) is 15.5 Å². The van der Waals surface area contributed by atoms with E-state index in [1.807, 2.05) is 0 Å². The highest BCUT2D eigenvalue weighted by Gasteiger charge is 2.27. The van der Waals surface area contributed by atoms with E-state index in [0.29, 0.717) is 15.1 Å². The first-order valence-electron chi connectivity index (χ1n) is 5.51. The molecule has 0 amide bonds. The Morgan fingerprint density at radius 2 is 2.10 bits per heavy atom. The number of benzene rings is 1. The number of rotatable bonds is 4. The van der Waals surface area contributed by atoms with Crippen molar-refractivity contribution in [3.05, 3.63) is 43.5 Å². The first-order chi connectivity index (χ1) is 9.72. The van der Waals surface area contributed by atoms with Gasteiger partial charge in [0.2, 0.25) is 0 Å². The van der Waals surface area contributed by atoms with Crippen LogP contribution < -0.4 is 4.72 Å². The number of aromatic carboxylic acids is 1. The third kappa shape index (κ3) is 3.39. The number of hydrogen-bond donors (Lipinski definition) is 2. The van der Waals surface area contributed by atoms with Crippen molar-refractivity contribution in [1.82, 2.24) is 0 Å². The third-order valence-corrected chi connectivity index (χ3v) is 6.25. The van der Waals surface area contributed by atoms with Crippen LogP contribution in [0.15, 0.2) is 32.9 Å². The van der Waals surface area contributed by atoms with Gasteiger partial charge in [-0.3, -0.25) is 4.72 Å². The molecule has 1 heterocycles. The Kier molecular flexibility index (Phi) is 4.62. The minimum atomic E-state index is -4.02. The van der Waals surface area contributed by atoms with Gasteiger partial charge in [0.15, 0.2) is 0 Å². The molecule has 0 aliphatic heterocycles. The Labute approximate surface area is 138 Å². The van der Waals surface area contributed by atoms with Crippen LogP contribution >= 0.6 is 38.9 Å². The molecule has 0 saturated heterocycles. The highest BCUT2D eigenvalue weighted by molar-refractivity contribution is 9.10. The molecule has 0 spiro atoms. The number of aryl methyl sites for hydroxylation is 1. The number of anilines is 1. The first kappa shape index (κ1) is 16.3. The van der Waals surface area contributed by atoms with E-state index >= 15 is 0 Å². The lowest BCUT2D eigenvalue weighted by Gasteiger charge is -2.11. The molecule has 0 aliphatic rings. The number of carboxylic acids is 1. The molecule has 21 heavy (non-hydrogen) atoms. The van der Waals surface area contributed by atoms with Crippen LogP contribution in [-0.4, -0.2) is 19.5 Å². The fourth-order valence-corrected chi connectivity index (χ4v) is 5.04. The molecule has 0 aliphatic carbocycles. The minimum Gasteiger partial charge on any atom is -0.477 e. The summed E-state index contributed by atoms with van der Waals surface area (Å²) in [6.07, 6.45) is 0. The maximum atomic E-state index is 12.4. The molecule has 2 rings (SSSR count). The Morgan fingerprint density at radius 1 is 1.43 bits per heavy atom. The first-order valence-corrected chi connectivity index (χ1v) is 9.05. The molecule has 0 bridgehead atoms. The van der Waals surface area contributed by atoms with Gasteiger partial charge in [0.05, 0.1) is 5.69 Å². The van der Waals surface area contributed by atoms with Crippen LogP contribution in [0.3, 0.4) is 0 Å². The fraction of sp³-hybridized carbons (Fsp3) is 0.0833. The van der Waals surface area contributed by atoms with E-state index in [1.165, 1.54) is 11.4 Å². The molecular formula is C12H9BrClNO4S2. The zero-order valence-electron chi connectivity index (χ0n) is 10.6. The monoisotopic (exact) mass is 409 g/mol. The molecule has 2 N–H and O–H groups in total. The highest BCUT2D eigenvalue weighted by atomic mass is 79.9. The molecule has 5 nitrogen and oxygen atoms in total. The van der Waals surface area contributed by atoms with Gasteiger partial charge >= 0.3 is 5.97 Å². The Morgan fingerprint density at radius 3 is 2.71 bits per heavy atom. The summed E-state index contributed by atoms with van der Waals surface area (Å²) in [5, 5.41) is 10.9. The molecule has 0 saturated carbocycles. The van der Waals surface area contributed by atoms with Gasteiger partial charge in [-0.1, -0.05) is 11.6 Å². The number of carbonyl (C=O) groups is 1. The van der Waals surface area contributed by atoms with Crippen LogP contribution in [0.2, 0.25) is 5.02 Å². The Balaban J connectivity index is 2.51. The molecule has 1 aromatic heterocycles. The molecular weight excluding hydrogens is 402 g/mol. The van der Waals surface area contributed by atoms with Crippen molar-refractivity contribution in [1.29, 1.82) is 0 Å². The Bertz CT molecular complexity index is 817. The summed E-state index contributed by atoms with van der Waals surface area (Å²) < 4.78 is 27.7. The number of thiophene rings is 1. The highest BCUT2D eigenvalue weighted by Crippen LogP contribution is 2.32. The predicted octanol–water partition coefficient (Wildman–Crippen LogP) is 3.97. The molecule has 1 aromatic carbocycles. The van der Waals surface area contributed by atoms with Crippen molar-refractivity contribution < 1.29 is 18.3 Å². The molecule has 9 heteroatoms. The second-order valence-corrected chi connectivity index (χ2v) is 7.90. The molecule has 0 atom stereocenters. The fourth-order valence-electron chi connectivity index (χ4n) is 1.69. The van der Waals surface area contributed by atoms with Gasteiger partial charge < -0.3 is 5.11 Å². The van der Waals surface area contributed by atoms with E-state index < -0.39 is 16.0 Å². The van der Waals surface area contributed by atoms with Crippen molar-refractivity contribution in [3.8, 4) is 0 Å². The second kappa shape index (κ2) is 5.96. The normalized spacial score (nSPS) is 11.4. The van der Waals surface area contributed by atoms with Crippen molar-refractivity contribution in [3.63, 3.8) is 0 Å². The van der Waals surface area contributed by atoms with Crippen LogP contribution in [0, 0.1) is 6.92 Å². The van der Waals surface area contributed by atoms with Gasteiger partial charge in [0.25, 0.3) is 10.0 Å². The lowest BCUT2D eigenvalue weighted by molar-refractivity contribution is 0.0698. The SMILES string of the molecule is Cc1csc(C(=O)O)c1S(=O)(=O)Nc1cc(Cl)ccc1Br. The van der Waals surface area contributed by atoms with Gasteiger partial charge in [-0.05, 0) is 52.0 Å². The lowest BCUT2D eigenvalue weighted by Crippen LogP contribution is -2.16. The second-order valence-electron chi connectivity index (χ2n) is 4.11. The van der Waals surface area contributed by atoms with Gasteiger partial charge in [-0.25, -0.2) is 13.2 Å².